The summed E-state index contributed by atoms with van der Waals surface area (Å²) in [6.07, 6.45) is 7.28. The van der Waals surface area contributed by atoms with Crippen molar-refractivity contribution in [1.82, 2.24) is 24.6 Å². The molecule has 0 atom stereocenters. The maximum Gasteiger partial charge on any atom is 0.161 e. The number of aromatic nitrogens is 4. The molecule has 1 aliphatic rings. The smallest absolute Gasteiger partial charge is 0.161 e. The number of nitrogens with zero attached hydrogens (tertiary/aromatic N) is 5. The van der Waals surface area contributed by atoms with E-state index in [1.54, 1.807) is 18.5 Å². The number of hydrogen-bond acceptors (Lipinski definition) is 4. The lowest BCUT2D eigenvalue weighted by molar-refractivity contribution is 0.219. The summed E-state index contributed by atoms with van der Waals surface area (Å²) >= 11 is 0. The number of likely N-dealkylation sites (tertiary alicyclic amines) is 1. The second kappa shape index (κ2) is 6.65. The molecule has 3 heterocycles. The van der Waals surface area contributed by atoms with Gasteiger partial charge in [0.25, 0.3) is 0 Å². The van der Waals surface area contributed by atoms with Crippen LogP contribution < -0.4 is 0 Å². The fraction of sp³-hybridized carbons (Fsp3) is 0.389. The third-order valence-electron chi connectivity index (χ3n) is 4.63. The minimum Gasteiger partial charge on any atom is -0.301 e. The van der Waals surface area contributed by atoms with Crippen LogP contribution in [-0.4, -0.2) is 44.3 Å². The van der Waals surface area contributed by atoms with E-state index in [-0.39, 0.29) is 5.82 Å². The Bertz CT molecular complexity index is 821. The predicted molar refractivity (Wildman–Crippen MR) is 91.0 cm³/mol. The molecule has 0 N–H and O–H groups in total. The number of hydrogen-bond donors (Lipinski definition) is 0. The molecule has 3 aromatic rings. The lowest BCUT2D eigenvalue weighted by atomic mass is 10.1. The van der Waals surface area contributed by atoms with Gasteiger partial charge in [-0.25, -0.2) is 19.0 Å². The van der Waals surface area contributed by atoms with Crippen molar-refractivity contribution in [2.75, 3.05) is 19.6 Å². The summed E-state index contributed by atoms with van der Waals surface area (Å²) in [4.78, 5) is 11.3. The molecule has 0 spiro atoms. The molecule has 1 aliphatic heterocycles. The van der Waals surface area contributed by atoms with E-state index in [9.17, 15) is 4.39 Å². The quantitative estimate of drug-likeness (QED) is 0.739. The summed E-state index contributed by atoms with van der Waals surface area (Å²) in [5.74, 6) is -0.249. The van der Waals surface area contributed by atoms with Gasteiger partial charge in [-0.15, -0.1) is 0 Å². The molecule has 0 bridgehead atoms. The Morgan fingerprint density at radius 1 is 0.958 bits per heavy atom. The molecule has 24 heavy (non-hydrogen) atoms. The van der Waals surface area contributed by atoms with E-state index < -0.39 is 0 Å². The molecule has 1 aromatic carbocycles. The highest BCUT2D eigenvalue weighted by Crippen LogP contribution is 2.25. The topological polar surface area (TPSA) is 46.8 Å². The van der Waals surface area contributed by atoms with Crippen LogP contribution in [0.15, 0.2) is 36.8 Å². The van der Waals surface area contributed by atoms with Crippen LogP contribution in [-0.2, 0) is 6.54 Å². The number of benzene rings is 1. The highest BCUT2D eigenvalue weighted by atomic mass is 19.1. The van der Waals surface area contributed by atoms with Crippen LogP contribution in [0.25, 0.3) is 22.3 Å². The molecule has 5 nitrogen and oxygen atoms in total. The monoisotopic (exact) mass is 325 g/mol. The van der Waals surface area contributed by atoms with Gasteiger partial charge in [0, 0.05) is 12.1 Å². The molecule has 0 saturated carbocycles. The van der Waals surface area contributed by atoms with Gasteiger partial charge in [0.2, 0.25) is 0 Å². The van der Waals surface area contributed by atoms with Gasteiger partial charge in [0.15, 0.2) is 5.65 Å². The SMILES string of the molecule is Fc1ccc(-c2ncnc3c2cnn3CCN2CCCCC2)cc1. The Balaban J connectivity index is 1.60. The highest BCUT2D eigenvalue weighted by molar-refractivity contribution is 5.89. The molecule has 1 fully saturated rings. The van der Waals surface area contributed by atoms with Crippen molar-refractivity contribution in [3.63, 3.8) is 0 Å². The molecule has 2 aromatic heterocycles. The molecular weight excluding hydrogens is 305 g/mol. The minimum atomic E-state index is -0.249. The molecule has 0 radical (unpaired) electrons. The van der Waals surface area contributed by atoms with E-state index in [0.717, 1.165) is 35.4 Å². The van der Waals surface area contributed by atoms with E-state index >= 15 is 0 Å². The first-order valence-electron chi connectivity index (χ1n) is 8.46. The minimum absolute atomic E-state index is 0.249. The Morgan fingerprint density at radius 3 is 2.54 bits per heavy atom. The third kappa shape index (κ3) is 3.01. The van der Waals surface area contributed by atoms with Crippen molar-refractivity contribution >= 4 is 11.0 Å². The van der Waals surface area contributed by atoms with E-state index in [1.807, 2.05) is 10.9 Å². The lowest BCUT2D eigenvalue weighted by Gasteiger charge is -2.26. The van der Waals surface area contributed by atoms with Gasteiger partial charge in [0.1, 0.15) is 12.1 Å². The zero-order valence-electron chi connectivity index (χ0n) is 13.5. The van der Waals surface area contributed by atoms with E-state index in [2.05, 4.69) is 20.0 Å². The van der Waals surface area contributed by atoms with Gasteiger partial charge in [0.05, 0.1) is 23.8 Å². The average molecular weight is 325 g/mol. The fourth-order valence-electron chi connectivity index (χ4n) is 3.31. The zero-order valence-corrected chi connectivity index (χ0v) is 13.5. The molecule has 6 heteroatoms. The first kappa shape index (κ1) is 15.2. The highest BCUT2D eigenvalue weighted by Gasteiger charge is 2.14. The third-order valence-corrected chi connectivity index (χ3v) is 4.63. The maximum absolute atomic E-state index is 13.1. The van der Waals surface area contributed by atoms with Crippen LogP contribution in [0.5, 0.6) is 0 Å². The fourth-order valence-corrected chi connectivity index (χ4v) is 3.31. The van der Waals surface area contributed by atoms with Crippen molar-refractivity contribution in [3.05, 3.63) is 42.6 Å². The van der Waals surface area contributed by atoms with Crippen molar-refractivity contribution in [2.45, 2.75) is 25.8 Å². The first-order chi connectivity index (χ1) is 11.8. The summed E-state index contributed by atoms with van der Waals surface area (Å²) < 4.78 is 15.1. The zero-order chi connectivity index (χ0) is 16.4. The first-order valence-corrected chi connectivity index (χ1v) is 8.46. The van der Waals surface area contributed by atoms with Crippen LogP contribution in [0.4, 0.5) is 4.39 Å². The predicted octanol–water partition coefficient (Wildman–Crippen LogP) is 3.12. The lowest BCUT2D eigenvalue weighted by Crippen LogP contribution is -2.32. The second-order valence-electron chi connectivity index (χ2n) is 6.24. The normalized spacial score (nSPS) is 15.9. The van der Waals surface area contributed by atoms with Crippen LogP contribution in [0, 0.1) is 5.82 Å². The van der Waals surface area contributed by atoms with E-state index in [1.165, 1.54) is 44.5 Å². The molecule has 4 rings (SSSR count). The summed E-state index contributed by atoms with van der Waals surface area (Å²) in [6, 6.07) is 6.37. The van der Waals surface area contributed by atoms with Gasteiger partial charge in [-0.1, -0.05) is 6.42 Å². The van der Waals surface area contributed by atoms with Gasteiger partial charge >= 0.3 is 0 Å². The largest absolute Gasteiger partial charge is 0.301 e. The van der Waals surface area contributed by atoms with Gasteiger partial charge in [-0.2, -0.15) is 5.10 Å². The van der Waals surface area contributed by atoms with Crippen molar-refractivity contribution in [2.24, 2.45) is 0 Å². The number of piperidine rings is 1. The van der Waals surface area contributed by atoms with Crippen molar-refractivity contribution in [1.29, 1.82) is 0 Å². The maximum atomic E-state index is 13.1. The molecule has 0 unspecified atom stereocenters. The van der Waals surface area contributed by atoms with Crippen molar-refractivity contribution < 1.29 is 4.39 Å². The van der Waals surface area contributed by atoms with E-state index in [4.69, 9.17) is 0 Å². The number of rotatable bonds is 4. The van der Waals surface area contributed by atoms with Gasteiger partial charge < -0.3 is 4.90 Å². The van der Waals surface area contributed by atoms with Crippen LogP contribution in [0.1, 0.15) is 19.3 Å². The van der Waals surface area contributed by atoms with Crippen molar-refractivity contribution in [3.8, 4) is 11.3 Å². The average Bonchev–Trinajstić information content (AvgIpc) is 3.05. The Morgan fingerprint density at radius 2 is 1.75 bits per heavy atom. The van der Waals surface area contributed by atoms with E-state index in [0.29, 0.717) is 0 Å². The number of halogens is 1. The molecule has 1 saturated heterocycles. The molecular formula is C18H20FN5. The Labute approximate surface area is 140 Å². The number of fused-ring (bicyclic) bond motifs is 1. The molecule has 0 aliphatic carbocycles. The summed E-state index contributed by atoms with van der Waals surface area (Å²) in [5, 5.41) is 5.40. The second-order valence-corrected chi connectivity index (χ2v) is 6.24. The van der Waals surface area contributed by atoms with Crippen LogP contribution in [0.2, 0.25) is 0 Å². The summed E-state index contributed by atoms with van der Waals surface area (Å²) in [7, 11) is 0. The van der Waals surface area contributed by atoms with Gasteiger partial charge in [-0.3, -0.25) is 0 Å². The Hall–Kier alpha value is -2.34. The van der Waals surface area contributed by atoms with Gasteiger partial charge in [-0.05, 0) is 50.2 Å². The summed E-state index contributed by atoms with van der Waals surface area (Å²) in [6.45, 7) is 4.17. The Kier molecular flexibility index (Phi) is 4.21. The summed E-state index contributed by atoms with van der Waals surface area (Å²) in [5.41, 5.74) is 2.50. The molecule has 0 amide bonds. The standard InChI is InChI=1S/C18H20FN5/c19-15-6-4-14(5-7-15)17-16-12-22-24(18(16)21-13-20-17)11-10-23-8-2-1-3-9-23/h4-7,12-13H,1-3,8-11H2. The van der Waals surface area contributed by atoms with Crippen LogP contribution in [0.3, 0.4) is 0 Å². The molecule has 124 valence electrons. The van der Waals surface area contributed by atoms with Crippen LogP contribution >= 0.6 is 0 Å².